The van der Waals surface area contributed by atoms with Gasteiger partial charge in [-0.15, -0.1) is 0 Å². The number of benzene rings is 2. The highest BCUT2D eigenvalue weighted by Crippen LogP contribution is 2.25. The van der Waals surface area contributed by atoms with Crippen LogP contribution >= 0.6 is 11.8 Å². The molecule has 2 aromatic rings. The largest absolute Gasteiger partial charge is 0.465 e. The van der Waals surface area contributed by atoms with E-state index in [9.17, 15) is 9.59 Å². The zero-order valence-corrected chi connectivity index (χ0v) is 14.4. The Bertz CT molecular complexity index is 708. The second-order valence-corrected chi connectivity index (χ2v) is 6.27. The number of thioether (sulfide) groups is 1. The number of allylic oxidation sites excluding steroid dienone is 1. The minimum absolute atomic E-state index is 0.0551. The van der Waals surface area contributed by atoms with Gasteiger partial charge in [-0.05, 0) is 30.5 Å². The summed E-state index contributed by atoms with van der Waals surface area (Å²) in [6, 6.07) is 17.1. The van der Waals surface area contributed by atoms with Gasteiger partial charge in [0.15, 0.2) is 5.12 Å². The minimum atomic E-state index is -0.420. The lowest BCUT2D eigenvalue weighted by Gasteiger charge is -2.06. The Hall–Kier alpha value is -2.33. The fourth-order valence-corrected chi connectivity index (χ4v) is 3.06. The van der Waals surface area contributed by atoms with Crippen LogP contribution in [0.5, 0.6) is 0 Å². The summed E-state index contributed by atoms with van der Waals surface area (Å²) in [5.74, 6) is -0.420. The highest BCUT2D eigenvalue weighted by atomic mass is 32.2. The molecule has 0 aromatic heterocycles. The molecule has 0 N–H and O–H groups in total. The van der Waals surface area contributed by atoms with Crippen molar-refractivity contribution >= 4 is 28.9 Å². The molecule has 0 bridgehead atoms. The van der Waals surface area contributed by atoms with Crippen LogP contribution in [0.25, 0.3) is 6.08 Å². The van der Waals surface area contributed by atoms with Crippen LogP contribution in [0, 0.1) is 0 Å². The summed E-state index contributed by atoms with van der Waals surface area (Å²) >= 11 is 1.10. The Kier molecular flexibility index (Phi) is 7.30. The number of ether oxygens (including phenoxy) is 1. The third-order valence-electron chi connectivity index (χ3n) is 3.38. The Morgan fingerprint density at radius 3 is 2.50 bits per heavy atom. The van der Waals surface area contributed by atoms with Gasteiger partial charge >= 0.3 is 5.97 Å². The summed E-state index contributed by atoms with van der Waals surface area (Å²) in [5, 5.41) is 0.0551. The van der Waals surface area contributed by atoms with Crippen LogP contribution in [0.1, 0.15) is 35.2 Å². The molecule has 0 aliphatic carbocycles. The second-order valence-electron chi connectivity index (χ2n) is 5.17. The maximum Gasteiger partial charge on any atom is 0.339 e. The van der Waals surface area contributed by atoms with Gasteiger partial charge in [-0.1, -0.05) is 66.4 Å². The summed E-state index contributed by atoms with van der Waals surface area (Å²) in [6.07, 6.45) is 6.24. The van der Waals surface area contributed by atoms with Crippen molar-refractivity contribution in [2.75, 3.05) is 7.11 Å². The Balaban J connectivity index is 1.80. The lowest BCUT2D eigenvalue weighted by molar-refractivity contribution is -0.111. The molecule has 0 saturated carbocycles. The van der Waals surface area contributed by atoms with Crippen molar-refractivity contribution in [3.63, 3.8) is 0 Å². The van der Waals surface area contributed by atoms with Crippen LogP contribution in [-0.4, -0.2) is 18.2 Å². The van der Waals surface area contributed by atoms with Gasteiger partial charge in [-0.3, -0.25) is 4.79 Å². The van der Waals surface area contributed by atoms with Crippen molar-refractivity contribution in [2.45, 2.75) is 24.2 Å². The van der Waals surface area contributed by atoms with E-state index in [1.807, 2.05) is 36.4 Å². The highest BCUT2D eigenvalue weighted by molar-refractivity contribution is 8.13. The average molecular weight is 340 g/mol. The molecule has 0 aliphatic rings. The van der Waals surface area contributed by atoms with Crippen LogP contribution < -0.4 is 0 Å². The van der Waals surface area contributed by atoms with Gasteiger partial charge in [-0.25, -0.2) is 4.79 Å². The molecule has 0 amide bonds. The molecule has 0 fully saturated rings. The average Bonchev–Trinajstić information content (AvgIpc) is 2.62. The number of esters is 1. The van der Waals surface area contributed by atoms with Crippen LogP contribution in [0.2, 0.25) is 0 Å². The number of hydrogen-bond donors (Lipinski definition) is 0. The molecular weight excluding hydrogens is 320 g/mol. The summed E-state index contributed by atoms with van der Waals surface area (Å²) in [7, 11) is 1.34. The van der Waals surface area contributed by atoms with Crippen molar-refractivity contribution in [2.24, 2.45) is 0 Å². The number of unbranched alkanes of at least 4 members (excludes halogenated alkanes) is 1. The molecule has 2 rings (SSSR count). The van der Waals surface area contributed by atoms with E-state index in [0.29, 0.717) is 16.9 Å². The van der Waals surface area contributed by atoms with Crippen LogP contribution in [0.4, 0.5) is 0 Å². The van der Waals surface area contributed by atoms with Crippen molar-refractivity contribution in [1.29, 1.82) is 0 Å². The molecule has 4 heteroatoms. The first-order valence-corrected chi connectivity index (χ1v) is 8.62. The molecule has 0 saturated heterocycles. The van der Waals surface area contributed by atoms with Gasteiger partial charge in [0, 0.05) is 11.3 Å². The number of methoxy groups -OCH3 is 1. The third kappa shape index (κ3) is 5.70. The number of rotatable bonds is 7. The quantitative estimate of drug-likeness (QED) is 0.405. The topological polar surface area (TPSA) is 43.4 Å². The van der Waals surface area contributed by atoms with E-state index in [2.05, 4.69) is 12.2 Å². The molecule has 0 radical (unpaired) electrons. The van der Waals surface area contributed by atoms with E-state index in [1.165, 1.54) is 7.11 Å². The maximum absolute atomic E-state index is 12.1. The fraction of sp³-hybridized carbons (Fsp3) is 0.200. The van der Waals surface area contributed by atoms with E-state index >= 15 is 0 Å². The zero-order valence-electron chi connectivity index (χ0n) is 13.6. The van der Waals surface area contributed by atoms with Crippen LogP contribution in [0.3, 0.4) is 0 Å². The normalized spacial score (nSPS) is 10.7. The van der Waals surface area contributed by atoms with Gasteiger partial charge in [0.25, 0.3) is 0 Å². The van der Waals surface area contributed by atoms with Gasteiger partial charge in [0.1, 0.15) is 0 Å². The zero-order chi connectivity index (χ0) is 17.2. The number of hydrogen-bond acceptors (Lipinski definition) is 4. The summed E-state index contributed by atoms with van der Waals surface area (Å²) < 4.78 is 4.74. The molecule has 3 nitrogen and oxygen atoms in total. The van der Waals surface area contributed by atoms with E-state index < -0.39 is 5.97 Å². The summed E-state index contributed by atoms with van der Waals surface area (Å²) in [5.41, 5.74) is 1.59. The maximum atomic E-state index is 12.1. The van der Waals surface area contributed by atoms with E-state index in [1.54, 1.807) is 18.2 Å². The molecule has 0 aliphatic heterocycles. The number of carbonyl (C=O) groups is 2. The molecule has 0 unspecified atom stereocenters. The van der Waals surface area contributed by atoms with Crippen molar-refractivity contribution in [1.82, 2.24) is 0 Å². The predicted octanol–water partition coefficient (Wildman–Crippen LogP) is 4.98. The summed E-state index contributed by atoms with van der Waals surface area (Å²) in [4.78, 5) is 24.4. The molecular formula is C20H20O3S. The predicted molar refractivity (Wildman–Crippen MR) is 98.0 cm³/mol. The molecule has 0 atom stereocenters. The molecule has 2 aromatic carbocycles. The number of carbonyl (C=O) groups excluding carboxylic acids is 2. The molecule has 24 heavy (non-hydrogen) atoms. The Morgan fingerprint density at radius 1 is 1.04 bits per heavy atom. The molecule has 0 heterocycles. The lowest BCUT2D eigenvalue weighted by atomic mass is 10.2. The monoisotopic (exact) mass is 340 g/mol. The standard InChI is InChI=1S/C20H20O3S/c1-23-20(22)17-13-8-9-14-18(17)24-19(21)15-7-3-6-12-16-10-4-2-5-11-16/h2,4-6,8-14H,3,7,15H2,1H3/b12-6+. The first-order valence-electron chi connectivity index (χ1n) is 7.80. The smallest absolute Gasteiger partial charge is 0.339 e. The first-order chi connectivity index (χ1) is 11.7. The Morgan fingerprint density at radius 2 is 1.75 bits per heavy atom. The van der Waals surface area contributed by atoms with E-state index in [4.69, 9.17) is 4.74 Å². The van der Waals surface area contributed by atoms with Crippen molar-refractivity contribution in [3.8, 4) is 0 Å². The lowest BCUT2D eigenvalue weighted by Crippen LogP contribution is -2.04. The van der Waals surface area contributed by atoms with E-state index in [-0.39, 0.29) is 5.12 Å². The minimum Gasteiger partial charge on any atom is -0.465 e. The van der Waals surface area contributed by atoms with Gasteiger partial charge < -0.3 is 4.74 Å². The first kappa shape index (κ1) is 18.0. The SMILES string of the molecule is COC(=O)c1ccccc1SC(=O)CCC/C=C/c1ccccc1. The second kappa shape index (κ2) is 9.73. The molecule has 124 valence electrons. The highest BCUT2D eigenvalue weighted by Gasteiger charge is 2.14. The van der Waals surface area contributed by atoms with Gasteiger partial charge in [-0.2, -0.15) is 0 Å². The Labute approximate surface area is 146 Å². The van der Waals surface area contributed by atoms with Crippen molar-refractivity contribution in [3.05, 3.63) is 71.8 Å². The van der Waals surface area contributed by atoms with Gasteiger partial charge in [0.05, 0.1) is 12.7 Å². The summed E-state index contributed by atoms with van der Waals surface area (Å²) in [6.45, 7) is 0. The van der Waals surface area contributed by atoms with Crippen LogP contribution in [0.15, 0.2) is 65.6 Å². The van der Waals surface area contributed by atoms with Crippen LogP contribution in [-0.2, 0) is 9.53 Å². The van der Waals surface area contributed by atoms with Gasteiger partial charge in [0.2, 0.25) is 0 Å². The third-order valence-corrected chi connectivity index (χ3v) is 4.39. The van der Waals surface area contributed by atoms with Crippen molar-refractivity contribution < 1.29 is 14.3 Å². The van der Waals surface area contributed by atoms with E-state index in [0.717, 1.165) is 30.2 Å². The molecule has 0 spiro atoms. The fourth-order valence-electron chi connectivity index (χ4n) is 2.16.